The van der Waals surface area contributed by atoms with Crippen molar-refractivity contribution in [1.82, 2.24) is 19.9 Å². The van der Waals surface area contributed by atoms with Crippen LogP contribution in [0.4, 0.5) is 0 Å². The quantitative estimate of drug-likeness (QED) is 0.400. The van der Waals surface area contributed by atoms with Gasteiger partial charge in [-0.1, -0.05) is 0 Å². The Morgan fingerprint density at radius 3 is 2.86 bits per heavy atom. The van der Waals surface area contributed by atoms with Gasteiger partial charge in [0.1, 0.15) is 12.1 Å². The molecule has 3 atom stereocenters. The number of rotatable bonds is 11. The first-order valence-electron chi connectivity index (χ1n) is 12.4. The van der Waals surface area contributed by atoms with Crippen LogP contribution in [0.1, 0.15) is 49.5 Å². The molecule has 0 aliphatic carbocycles. The van der Waals surface area contributed by atoms with Crippen LogP contribution in [0, 0.1) is 11.8 Å². The number of fused-ring (bicyclic) bond motifs is 1. The monoisotopic (exact) mass is 478 g/mol. The number of hydrogen-bond donors (Lipinski definition) is 2. The van der Waals surface area contributed by atoms with Crippen LogP contribution < -0.4 is 4.74 Å². The van der Waals surface area contributed by atoms with Gasteiger partial charge in [-0.15, -0.1) is 0 Å². The van der Waals surface area contributed by atoms with Gasteiger partial charge in [0.25, 0.3) is 0 Å². The number of aryl methyl sites for hydroxylation is 1. The number of unbranched alkanes of at least 4 members (excludes halogenated alkanes) is 1. The van der Waals surface area contributed by atoms with Crippen molar-refractivity contribution in [1.29, 1.82) is 0 Å². The van der Waals surface area contributed by atoms with E-state index in [0.717, 1.165) is 60.9 Å². The van der Waals surface area contributed by atoms with Crippen LogP contribution in [0.3, 0.4) is 0 Å². The average Bonchev–Trinajstić information content (AvgIpc) is 2.89. The summed E-state index contributed by atoms with van der Waals surface area (Å²) in [6.07, 6.45) is 9.33. The molecular formula is C27H34N4O4. The molecule has 0 bridgehead atoms. The average molecular weight is 479 g/mol. The molecule has 1 fully saturated rings. The Hall–Kier alpha value is -3.10. The maximum Gasteiger partial charge on any atom is 0.308 e. The minimum atomic E-state index is -0.741. The van der Waals surface area contributed by atoms with Gasteiger partial charge < -0.3 is 19.8 Å². The number of methoxy groups -OCH3 is 1. The first kappa shape index (κ1) is 25.0. The van der Waals surface area contributed by atoms with Crippen LogP contribution >= 0.6 is 0 Å². The first-order valence-corrected chi connectivity index (χ1v) is 12.4. The number of aliphatic carboxylic acids is 1. The van der Waals surface area contributed by atoms with Crippen LogP contribution in [-0.2, 0) is 11.2 Å². The molecule has 1 aromatic carbocycles. The lowest BCUT2D eigenvalue weighted by molar-refractivity contribution is -0.146. The van der Waals surface area contributed by atoms with Crippen molar-refractivity contribution < 1.29 is 19.7 Å². The number of carbonyl (C=O) groups is 1. The predicted molar refractivity (Wildman–Crippen MR) is 133 cm³/mol. The number of ether oxygens (including phenoxy) is 1. The third-order valence-electron chi connectivity index (χ3n) is 7.11. The van der Waals surface area contributed by atoms with E-state index >= 15 is 0 Å². The lowest BCUT2D eigenvalue weighted by Crippen LogP contribution is -2.44. The number of carboxylic acids is 1. The number of benzene rings is 1. The molecule has 1 aliphatic heterocycles. The van der Waals surface area contributed by atoms with Crippen LogP contribution in [-0.4, -0.2) is 62.8 Å². The second kappa shape index (κ2) is 12.0. The Morgan fingerprint density at radius 2 is 2.09 bits per heavy atom. The first-order chi connectivity index (χ1) is 17.0. The fourth-order valence-electron chi connectivity index (χ4n) is 5.10. The van der Waals surface area contributed by atoms with Crippen molar-refractivity contribution in [3.8, 4) is 5.75 Å². The maximum atomic E-state index is 12.1. The third kappa shape index (κ3) is 6.52. The number of carboxylic acid groups (broad SMARTS) is 1. The highest BCUT2D eigenvalue weighted by molar-refractivity contribution is 5.83. The molecule has 3 heterocycles. The summed E-state index contributed by atoms with van der Waals surface area (Å²) in [5.41, 5.74) is 2.65. The van der Waals surface area contributed by atoms with Crippen molar-refractivity contribution >= 4 is 16.9 Å². The zero-order valence-corrected chi connectivity index (χ0v) is 20.2. The van der Waals surface area contributed by atoms with Gasteiger partial charge in [-0.25, -0.2) is 9.97 Å². The second-order valence-corrected chi connectivity index (χ2v) is 9.33. The van der Waals surface area contributed by atoms with E-state index in [1.807, 2.05) is 30.3 Å². The number of piperidine rings is 1. The molecule has 3 aromatic rings. The normalized spacial score (nSPS) is 19.5. The molecule has 1 saturated heterocycles. The molecule has 8 nitrogen and oxygen atoms in total. The van der Waals surface area contributed by atoms with Crippen LogP contribution in [0.15, 0.2) is 49.1 Å². The largest absolute Gasteiger partial charge is 0.497 e. The molecule has 4 rings (SSSR count). The molecule has 0 unspecified atom stereocenters. The van der Waals surface area contributed by atoms with Crippen molar-refractivity contribution in [2.45, 2.75) is 44.6 Å². The molecule has 1 aliphatic rings. The van der Waals surface area contributed by atoms with E-state index in [2.05, 4.69) is 19.9 Å². The second-order valence-electron chi connectivity index (χ2n) is 9.33. The number of hydrogen-bond acceptors (Lipinski definition) is 7. The molecular weight excluding hydrogens is 444 g/mol. The number of aliphatic hydroxyl groups is 1. The summed E-state index contributed by atoms with van der Waals surface area (Å²) in [6, 6.07) is 9.40. The fraction of sp³-hybridized carbons (Fsp3) is 0.481. The van der Waals surface area contributed by atoms with Crippen LogP contribution in [0.5, 0.6) is 5.75 Å². The van der Waals surface area contributed by atoms with Gasteiger partial charge in [0, 0.05) is 30.0 Å². The smallest absolute Gasteiger partial charge is 0.308 e. The maximum absolute atomic E-state index is 12.1. The molecule has 0 spiro atoms. The van der Waals surface area contributed by atoms with Crippen molar-refractivity contribution in [3.05, 3.63) is 60.3 Å². The molecule has 2 aromatic heterocycles. The SMILES string of the molecule is COc1ccc2nccc([C@@H](O)CC[C@@H]3CCN(CCCCc4ccncn4)C[C@@H]3C(=O)O)c2c1. The number of pyridine rings is 1. The summed E-state index contributed by atoms with van der Waals surface area (Å²) in [7, 11) is 1.62. The minimum Gasteiger partial charge on any atom is -0.497 e. The summed E-state index contributed by atoms with van der Waals surface area (Å²) < 4.78 is 5.34. The Bertz CT molecular complexity index is 1110. The molecule has 8 heteroatoms. The molecule has 0 saturated carbocycles. The van der Waals surface area contributed by atoms with Gasteiger partial charge in [0.15, 0.2) is 0 Å². The highest BCUT2D eigenvalue weighted by Crippen LogP contribution is 2.33. The number of aromatic nitrogens is 3. The Kier molecular flexibility index (Phi) is 8.60. The number of likely N-dealkylation sites (tertiary alicyclic amines) is 1. The van der Waals surface area contributed by atoms with Gasteiger partial charge in [0.2, 0.25) is 0 Å². The highest BCUT2D eigenvalue weighted by Gasteiger charge is 2.34. The van der Waals surface area contributed by atoms with Crippen LogP contribution in [0.25, 0.3) is 10.9 Å². The van der Waals surface area contributed by atoms with Crippen LogP contribution in [0.2, 0.25) is 0 Å². The summed E-state index contributed by atoms with van der Waals surface area (Å²) >= 11 is 0. The van der Waals surface area contributed by atoms with E-state index in [-0.39, 0.29) is 5.92 Å². The zero-order chi connectivity index (χ0) is 24.6. The number of nitrogens with zero attached hydrogens (tertiary/aromatic N) is 4. The van der Waals surface area contributed by atoms with E-state index in [0.29, 0.717) is 25.1 Å². The number of aliphatic hydroxyl groups excluding tert-OH is 1. The molecule has 2 N–H and O–H groups in total. The minimum absolute atomic E-state index is 0.0575. The fourth-order valence-corrected chi connectivity index (χ4v) is 5.10. The lowest BCUT2D eigenvalue weighted by atomic mass is 9.81. The Morgan fingerprint density at radius 1 is 1.20 bits per heavy atom. The summed E-state index contributed by atoms with van der Waals surface area (Å²) in [5, 5.41) is 21.8. The Balaban J connectivity index is 1.30. The van der Waals surface area contributed by atoms with E-state index in [4.69, 9.17) is 4.74 Å². The van der Waals surface area contributed by atoms with Gasteiger partial charge >= 0.3 is 5.97 Å². The van der Waals surface area contributed by atoms with Crippen molar-refractivity contribution in [2.24, 2.45) is 11.8 Å². The van der Waals surface area contributed by atoms with Gasteiger partial charge in [-0.3, -0.25) is 9.78 Å². The van der Waals surface area contributed by atoms with E-state index in [1.165, 1.54) is 0 Å². The van der Waals surface area contributed by atoms with Gasteiger partial charge in [-0.2, -0.15) is 0 Å². The van der Waals surface area contributed by atoms with Gasteiger partial charge in [0.05, 0.1) is 24.6 Å². The van der Waals surface area contributed by atoms with Gasteiger partial charge in [-0.05, 0) is 93.4 Å². The molecule has 35 heavy (non-hydrogen) atoms. The van der Waals surface area contributed by atoms with E-state index in [1.54, 1.807) is 25.8 Å². The zero-order valence-electron chi connectivity index (χ0n) is 20.2. The van der Waals surface area contributed by atoms with Crippen molar-refractivity contribution in [3.63, 3.8) is 0 Å². The predicted octanol–water partition coefficient (Wildman–Crippen LogP) is 3.89. The third-order valence-corrected chi connectivity index (χ3v) is 7.11. The van der Waals surface area contributed by atoms with Crippen molar-refractivity contribution in [2.75, 3.05) is 26.7 Å². The van der Waals surface area contributed by atoms with E-state index in [9.17, 15) is 15.0 Å². The lowest BCUT2D eigenvalue weighted by Gasteiger charge is -2.37. The highest BCUT2D eigenvalue weighted by atomic mass is 16.5. The summed E-state index contributed by atoms with van der Waals surface area (Å²) in [5.74, 6) is -0.377. The summed E-state index contributed by atoms with van der Waals surface area (Å²) in [4.78, 5) is 26.9. The topological polar surface area (TPSA) is 109 Å². The standard InChI is InChI=1S/C27H34N4O4/c1-35-21-6-7-25-23(16-21)22(10-13-29-25)26(32)8-5-19-11-15-31(17-24(19)27(33)34)14-3-2-4-20-9-12-28-18-30-20/h6-7,9-10,12-13,16,18-19,24,26,32H,2-5,8,11,14-15,17H2,1H3,(H,33,34)/t19-,24+,26+/m1/s1. The van der Waals surface area contributed by atoms with E-state index < -0.39 is 18.0 Å². The molecule has 0 amide bonds. The summed E-state index contributed by atoms with van der Waals surface area (Å²) in [6.45, 7) is 2.36. The Labute approximate surface area is 206 Å². The molecule has 186 valence electrons. The molecule has 0 radical (unpaired) electrons.